The molecule has 0 aliphatic heterocycles. The molecule has 1 aromatic carbocycles. The van der Waals surface area contributed by atoms with E-state index in [9.17, 15) is 10.1 Å². The Hall–Kier alpha value is -2.22. The molecule has 1 N–H and O–H groups in total. The fourth-order valence-corrected chi connectivity index (χ4v) is 1.63. The zero-order valence-electron chi connectivity index (χ0n) is 11.0. The molecule has 0 bridgehead atoms. The Morgan fingerprint density at radius 2 is 2.21 bits per heavy atom. The van der Waals surface area contributed by atoms with E-state index in [1.807, 2.05) is 6.92 Å². The van der Waals surface area contributed by atoms with Crippen LogP contribution in [0.4, 0.5) is 11.4 Å². The summed E-state index contributed by atoms with van der Waals surface area (Å²) in [5.41, 5.74) is 0.718. The zero-order chi connectivity index (χ0) is 14.1. The van der Waals surface area contributed by atoms with Crippen LogP contribution in [0.15, 0.2) is 18.2 Å². The van der Waals surface area contributed by atoms with Crippen molar-refractivity contribution in [2.24, 2.45) is 0 Å². The Balaban J connectivity index is 2.65. The van der Waals surface area contributed by atoms with Gasteiger partial charge >= 0.3 is 0 Å². The van der Waals surface area contributed by atoms with Gasteiger partial charge in [0.05, 0.1) is 17.6 Å². The van der Waals surface area contributed by atoms with E-state index < -0.39 is 4.92 Å². The van der Waals surface area contributed by atoms with E-state index in [0.717, 1.165) is 25.8 Å². The van der Waals surface area contributed by atoms with Gasteiger partial charge in [-0.05, 0) is 19.8 Å². The number of hydrogen-bond donors (Lipinski definition) is 1. The highest BCUT2D eigenvalue weighted by Crippen LogP contribution is 2.26. The summed E-state index contributed by atoms with van der Waals surface area (Å²) in [5.74, 6) is 3.08. The molecule has 0 saturated carbocycles. The lowest BCUT2D eigenvalue weighted by atomic mass is 10.2. The van der Waals surface area contributed by atoms with Gasteiger partial charge in [0.2, 0.25) is 0 Å². The van der Waals surface area contributed by atoms with Gasteiger partial charge in [0, 0.05) is 30.8 Å². The molecule has 1 aromatic rings. The van der Waals surface area contributed by atoms with Crippen LogP contribution < -0.4 is 10.1 Å². The minimum absolute atomic E-state index is 0.0251. The maximum absolute atomic E-state index is 10.8. The molecule has 0 amide bonds. The highest BCUT2D eigenvalue weighted by Gasteiger charge is 2.10. The van der Waals surface area contributed by atoms with Crippen molar-refractivity contribution < 1.29 is 9.66 Å². The number of hydrogen-bond acceptors (Lipinski definition) is 4. The summed E-state index contributed by atoms with van der Waals surface area (Å²) in [4.78, 5) is 10.4. The van der Waals surface area contributed by atoms with Crippen molar-refractivity contribution in [3.63, 3.8) is 0 Å². The molecule has 0 aliphatic carbocycles. The second-order valence-corrected chi connectivity index (χ2v) is 3.99. The Kier molecular flexibility index (Phi) is 6.23. The Labute approximate surface area is 113 Å². The molecule has 0 radical (unpaired) electrons. The normalized spacial score (nSPS) is 9.68. The van der Waals surface area contributed by atoms with E-state index in [0.29, 0.717) is 18.0 Å². The van der Waals surface area contributed by atoms with E-state index in [1.54, 1.807) is 6.07 Å². The van der Waals surface area contributed by atoms with Gasteiger partial charge in [-0.1, -0.05) is 0 Å². The van der Waals surface area contributed by atoms with Crippen LogP contribution in [-0.4, -0.2) is 18.1 Å². The van der Waals surface area contributed by atoms with Crippen LogP contribution in [0, 0.1) is 22.5 Å². The standard InChI is InChI=1S/C14H18N2O3/c1-3-5-6-7-8-15-12-9-13(16(17)18)11-14(10-12)19-4-2/h1,9-11,15H,4-8H2,2H3. The Morgan fingerprint density at radius 1 is 1.42 bits per heavy atom. The van der Waals surface area contributed by atoms with E-state index in [-0.39, 0.29) is 5.69 Å². The number of nitrogens with one attached hydrogen (secondary N) is 1. The molecule has 0 aliphatic rings. The largest absolute Gasteiger partial charge is 0.494 e. The predicted octanol–water partition coefficient (Wildman–Crippen LogP) is 3.21. The predicted molar refractivity (Wildman–Crippen MR) is 75.4 cm³/mol. The fourth-order valence-electron chi connectivity index (χ4n) is 1.63. The van der Waals surface area contributed by atoms with Gasteiger partial charge in [-0.3, -0.25) is 10.1 Å². The summed E-state index contributed by atoms with van der Waals surface area (Å²) >= 11 is 0. The number of non-ortho nitro benzene ring substituents is 1. The molecule has 0 aromatic heterocycles. The summed E-state index contributed by atoms with van der Waals surface area (Å²) < 4.78 is 5.31. The van der Waals surface area contributed by atoms with Crippen molar-refractivity contribution in [1.82, 2.24) is 0 Å². The Morgan fingerprint density at radius 3 is 2.84 bits per heavy atom. The maximum Gasteiger partial charge on any atom is 0.275 e. The third-order valence-corrected chi connectivity index (χ3v) is 2.49. The smallest absolute Gasteiger partial charge is 0.275 e. The number of anilines is 1. The average molecular weight is 262 g/mol. The van der Waals surface area contributed by atoms with E-state index in [4.69, 9.17) is 11.2 Å². The second kappa shape index (κ2) is 7.98. The number of unbranched alkanes of at least 4 members (excludes halogenated alkanes) is 2. The van der Waals surface area contributed by atoms with Gasteiger partial charge in [0.1, 0.15) is 5.75 Å². The lowest BCUT2D eigenvalue weighted by molar-refractivity contribution is -0.384. The molecule has 0 atom stereocenters. The molecule has 102 valence electrons. The monoisotopic (exact) mass is 262 g/mol. The molecule has 0 saturated heterocycles. The van der Waals surface area contributed by atoms with E-state index in [1.165, 1.54) is 12.1 Å². The summed E-state index contributed by atoms with van der Waals surface area (Å²) in [5, 5.41) is 14.0. The average Bonchev–Trinajstić information content (AvgIpc) is 2.38. The third kappa shape index (κ3) is 5.30. The third-order valence-electron chi connectivity index (χ3n) is 2.49. The van der Waals surface area contributed by atoms with Crippen molar-refractivity contribution in [3.05, 3.63) is 28.3 Å². The number of nitrogens with zero attached hydrogens (tertiary/aromatic N) is 1. The Bertz CT molecular complexity index is 466. The maximum atomic E-state index is 10.8. The minimum Gasteiger partial charge on any atom is -0.494 e. The number of benzene rings is 1. The summed E-state index contributed by atoms with van der Waals surface area (Å²) in [7, 11) is 0. The van der Waals surface area contributed by atoms with Crippen molar-refractivity contribution in [2.45, 2.75) is 26.2 Å². The number of nitro groups is 1. The van der Waals surface area contributed by atoms with Crippen LogP contribution in [-0.2, 0) is 0 Å². The lowest BCUT2D eigenvalue weighted by Crippen LogP contribution is -2.03. The summed E-state index contributed by atoms with van der Waals surface area (Å²) in [6.45, 7) is 3.04. The van der Waals surface area contributed by atoms with Crippen LogP contribution in [0.5, 0.6) is 5.75 Å². The van der Waals surface area contributed by atoms with Gasteiger partial charge < -0.3 is 10.1 Å². The first-order chi connectivity index (χ1) is 9.17. The number of ether oxygens (including phenoxy) is 1. The molecule has 0 spiro atoms. The van der Waals surface area contributed by atoms with Crippen LogP contribution in [0.1, 0.15) is 26.2 Å². The van der Waals surface area contributed by atoms with Gasteiger partial charge in [-0.2, -0.15) is 0 Å². The quantitative estimate of drug-likeness (QED) is 0.338. The van der Waals surface area contributed by atoms with Gasteiger partial charge in [-0.25, -0.2) is 0 Å². The zero-order valence-corrected chi connectivity index (χ0v) is 11.0. The highest BCUT2D eigenvalue weighted by molar-refractivity contribution is 5.56. The molecule has 0 fully saturated rings. The molecular weight excluding hydrogens is 244 g/mol. The summed E-state index contributed by atoms with van der Waals surface area (Å²) in [6, 6.07) is 4.69. The van der Waals surface area contributed by atoms with Crippen molar-refractivity contribution in [3.8, 4) is 18.1 Å². The molecular formula is C14H18N2O3. The van der Waals surface area contributed by atoms with Gasteiger partial charge in [-0.15, -0.1) is 12.3 Å². The molecule has 5 heteroatoms. The first kappa shape index (κ1) is 14.8. The first-order valence-electron chi connectivity index (χ1n) is 6.27. The van der Waals surface area contributed by atoms with E-state index in [2.05, 4.69) is 11.2 Å². The number of terminal acetylenes is 1. The van der Waals surface area contributed by atoms with Crippen molar-refractivity contribution in [2.75, 3.05) is 18.5 Å². The van der Waals surface area contributed by atoms with Gasteiger partial charge in [0.25, 0.3) is 5.69 Å². The summed E-state index contributed by atoms with van der Waals surface area (Å²) in [6.07, 6.45) is 7.79. The van der Waals surface area contributed by atoms with E-state index >= 15 is 0 Å². The van der Waals surface area contributed by atoms with Crippen LogP contribution >= 0.6 is 0 Å². The fraction of sp³-hybridized carbons (Fsp3) is 0.429. The molecule has 0 unspecified atom stereocenters. The SMILES string of the molecule is C#CCCCCNc1cc(OCC)cc([N+](=O)[O-])c1. The molecule has 5 nitrogen and oxygen atoms in total. The molecule has 0 heterocycles. The number of nitro benzene ring substituents is 1. The van der Waals surface area contributed by atoms with Crippen LogP contribution in [0.25, 0.3) is 0 Å². The van der Waals surface area contributed by atoms with Crippen molar-refractivity contribution in [1.29, 1.82) is 0 Å². The molecule has 1 rings (SSSR count). The first-order valence-corrected chi connectivity index (χ1v) is 6.27. The highest BCUT2D eigenvalue weighted by atomic mass is 16.6. The topological polar surface area (TPSA) is 64.4 Å². The number of rotatable bonds is 8. The molecule has 19 heavy (non-hydrogen) atoms. The van der Waals surface area contributed by atoms with Crippen molar-refractivity contribution >= 4 is 11.4 Å². The van der Waals surface area contributed by atoms with Gasteiger partial charge in [0.15, 0.2) is 0 Å². The van der Waals surface area contributed by atoms with Crippen LogP contribution in [0.3, 0.4) is 0 Å². The lowest BCUT2D eigenvalue weighted by Gasteiger charge is -2.09. The second-order valence-electron chi connectivity index (χ2n) is 3.99. The van der Waals surface area contributed by atoms with Crippen LogP contribution in [0.2, 0.25) is 0 Å². The minimum atomic E-state index is -0.425.